The number of ether oxygens (including phenoxy) is 4. The van der Waals surface area contributed by atoms with Crippen molar-refractivity contribution < 1.29 is 29.2 Å². The molecule has 8 aliphatic heterocycles. The SMILES string of the molecule is CC[C@@H]1C[C@H]2COc3c(Sc4cnc(N5CCC6(CC5)CO[C@@H](C)[C@H]6N)c(CO)n4)ccnc3N2C1.CC[C@H]1C[C@H]2COc3c(Sc4cnc(N5CCC6(CC5)CO[C@@H](C)[C@H]6N)c(CO)n4)ccnc3N2C1. The van der Waals surface area contributed by atoms with Gasteiger partial charge in [0.2, 0.25) is 0 Å². The van der Waals surface area contributed by atoms with Crippen LogP contribution in [0, 0.1) is 22.7 Å². The second-order valence-electron chi connectivity index (χ2n) is 21.4. The highest BCUT2D eigenvalue weighted by molar-refractivity contribution is 7.99. The van der Waals surface area contributed by atoms with Crippen molar-refractivity contribution in [3.8, 4) is 11.5 Å². The minimum atomic E-state index is -0.156. The lowest BCUT2D eigenvalue weighted by Gasteiger charge is -2.41. The highest BCUT2D eigenvalue weighted by Gasteiger charge is 2.49. The van der Waals surface area contributed by atoms with Crippen LogP contribution in [0.1, 0.15) is 90.4 Å². The Balaban J connectivity index is 0.000000156. The third-order valence-corrected chi connectivity index (χ3v) is 19.3. The predicted octanol–water partition coefficient (Wildman–Crippen LogP) is 5.69. The Morgan fingerprint density at radius 3 is 1.40 bits per heavy atom. The Bertz CT molecular complexity index is 2400. The molecule has 72 heavy (non-hydrogen) atoms. The van der Waals surface area contributed by atoms with Crippen molar-refractivity contribution in [3.05, 3.63) is 48.3 Å². The van der Waals surface area contributed by atoms with Gasteiger partial charge in [0.1, 0.15) is 34.7 Å². The fraction of sp³-hybridized carbons (Fsp3) is 0.654. The lowest BCUT2D eigenvalue weighted by atomic mass is 9.73. The van der Waals surface area contributed by atoms with E-state index in [0.29, 0.717) is 48.5 Å². The van der Waals surface area contributed by atoms with Gasteiger partial charge in [0.25, 0.3) is 0 Å². The third kappa shape index (κ3) is 9.34. The van der Waals surface area contributed by atoms with Crippen LogP contribution in [0.5, 0.6) is 11.5 Å². The summed E-state index contributed by atoms with van der Waals surface area (Å²) in [7, 11) is 0. The first-order valence-electron chi connectivity index (χ1n) is 26.3. The van der Waals surface area contributed by atoms with Crippen LogP contribution in [0.4, 0.5) is 23.3 Å². The van der Waals surface area contributed by atoms with Gasteiger partial charge in [0, 0.05) is 74.6 Å². The number of aliphatic hydroxyl groups is 2. The predicted molar refractivity (Wildman–Crippen MR) is 277 cm³/mol. The Morgan fingerprint density at radius 2 is 1.04 bits per heavy atom. The van der Waals surface area contributed by atoms with E-state index < -0.39 is 0 Å². The molecule has 0 unspecified atom stereocenters. The van der Waals surface area contributed by atoms with Crippen LogP contribution >= 0.6 is 23.5 Å². The van der Waals surface area contributed by atoms with Crippen LogP contribution in [0.2, 0.25) is 0 Å². The summed E-state index contributed by atoms with van der Waals surface area (Å²) in [5.41, 5.74) is 14.3. The van der Waals surface area contributed by atoms with Gasteiger partial charge in [-0.05, 0) is 76.3 Å². The number of hydrogen-bond donors (Lipinski definition) is 4. The van der Waals surface area contributed by atoms with Crippen molar-refractivity contribution in [2.24, 2.45) is 34.1 Å². The number of piperidine rings is 2. The first-order valence-corrected chi connectivity index (χ1v) is 28.0. The summed E-state index contributed by atoms with van der Waals surface area (Å²) < 4.78 is 24.2. The molecule has 4 aromatic rings. The maximum absolute atomic E-state index is 10.1. The molecular weight excluding hydrogens is 953 g/mol. The van der Waals surface area contributed by atoms with E-state index in [-0.39, 0.29) is 48.3 Å². The van der Waals surface area contributed by atoms with Gasteiger partial charge in [-0.25, -0.2) is 29.9 Å². The molecular formula is C52H72N12O6S2. The highest BCUT2D eigenvalue weighted by Crippen LogP contribution is 2.48. The summed E-state index contributed by atoms with van der Waals surface area (Å²) >= 11 is 3.03. The Morgan fingerprint density at radius 1 is 0.625 bits per heavy atom. The van der Waals surface area contributed by atoms with E-state index in [1.165, 1.54) is 36.4 Å². The molecule has 2 spiro atoms. The summed E-state index contributed by atoms with van der Waals surface area (Å²) in [6.45, 7) is 16.6. The Hall–Kier alpha value is -4.28. The van der Waals surface area contributed by atoms with Gasteiger partial charge in [-0.3, -0.25) is 0 Å². The van der Waals surface area contributed by atoms with Crippen molar-refractivity contribution in [1.82, 2.24) is 29.9 Å². The third-order valence-electron chi connectivity index (χ3n) is 17.4. The standard InChI is InChI=1S/2C26H36N6O3S/c2*1-3-17-10-18-14-34-22-20(4-7-28-25(22)32(18)12-17)36-21-11-29-24(19(13-33)30-21)31-8-5-26(6-9-31)15-35-16(2)23(26)27/h2*4,7,11,16-18,23,33H,3,5-6,8-10,12-15,27H2,1-2H3/t16-,17+,18-,23+;16-,17-,18-,23+/m00/s1. The average Bonchev–Trinajstić information content (AvgIpc) is 4.19. The zero-order valence-corrected chi connectivity index (χ0v) is 43.8. The van der Waals surface area contributed by atoms with Crippen molar-refractivity contribution in [1.29, 1.82) is 0 Å². The van der Waals surface area contributed by atoms with E-state index in [2.05, 4.69) is 57.3 Å². The zero-order chi connectivity index (χ0) is 49.7. The highest BCUT2D eigenvalue weighted by atomic mass is 32.2. The van der Waals surface area contributed by atoms with E-state index in [4.69, 9.17) is 50.4 Å². The molecule has 0 aliphatic carbocycles. The van der Waals surface area contributed by atoms with E-state index in [1.807, 2.05) is 24.5 Å². The lowest BCUT2D eigenvalue weighted by Crippen LogP contribution is -2.51. The second kappa shape index (κ2) is 20.8. The summed E-state index contributed by atoms with van der Waals surface area (Å²) in [4.78, 5) is 39.7. The fourth-order valence-corrected chi connectivity index (χ4v) is 14.4. The number of rotatable bonds is 10. The molecule has 12 heterocycles. The quantitative estimate of drug-likeness (QED) is 0.150. The van der Waals surface area contributed by atoms with Gasteiger partial charge in [0.15, 0.2) is 34.8 Å². The van der Waals surface area contributed by atoms with Crippen molar-refractivity contribution >= 4 is 46.8 Å². The van der Waals surface area contributed by atoms with Gasteiger partial charge in [-0.1, -0.05) is 50.2 Å². The molecule has 8 atom stereocenters. The molecule has 12 rings (SSSR count). The van der Waals surface area contributed by atoms with Crippen molar-refractivity contribution in [3.63, 3.8) is 0 Å². The van der Waals surface area contributed by atoms with Crippen LogP contribution in [0.3, 0.4) is 0 Å². The lowest BCUT2D eigenvalue weighted by molar-refractivity contribution is 0.0973. The summed E-state index contributed by atoms with van der Waals surface area (Å²) in [6.07, 6.45) is 16.0. The average molecular weight is 1030 g/mol. The molecule has 0 aromatic carbocycles. The molecule has 0 radical (unpaired) electrons. The molecule has 20 heteroatoms. The molecule has 0 saturated carbocycles. The summed E-state index contributed by atoms with van der Waals surface area (Å²) in [5, 5.41) is 21.8. The normalized spacial score (nSPS) is 28.8. The monoisotopic (exact) mass is 1020 g/mol. The molecule has 6 saturated heterocycles. The first kappa shape index (κ1) is 49.9. The Kier molecular flexibility index (Phi) is 14.4. The molecule has 8 aliphatic rings. The molecule has 6 N–H and O–H groups in total. The minimum absolute atomic E-state index is 0.0461. The van der Waals surface area contributed by atoms with E-state index >= 15 is 0 Å². The minimum Gasteiger partial charge on any atom is -0.486 e. The molecule has 6 fully saturated rings. The topological polar surface area (TPSA) is 220 Å². The van der Waals surface area contributed by atoms with Crippen LogP contribution in [0.25, 0.3) is 0 Å². The molecule has 0 bridgehead atoms. The van der Waals surface area contributed by atoms with Gasteiger partial charge in [-0.2, -0.15) is 0 Å². The van der Waals surface area contributed by atoms with Crippen LogP contribution in [-0.4, -0.2) is 142 Å². The second-order valence-corrected chi connectivity index (χ2v) is 23.6. The van der Waals surface area contributed by atoms with E-state index in [1.54, 1.807) is 12.4 Å². The van der Waals surface area contributed by atoms with Gasteiger partial charge in [-0.15, -0.1) is 0 Å². The zero-order valence-electron chi connectivity index (χ0n) is 42.2. The van der Waals surface area contributed by atoms with Gasteiger partial charge in [0.05, 0.1) is 72.9 Å². The number of pyridine rings is 2. The number of anilines is 4. The number of aromatic nitrogens is 6. The van der Waals surface area contributed by atoms with Crippen LogP contribution in [0.15, 0.2) is 56.8 Å². The number of aliphatic hydroxyl groups excluding tert-OH is 2. The van der Waals surface area contributed by atoms with E-state index in [0.717, 1.165) is 146 Å². The van der Waals surface area contributed by atoms with Crippen LogP contribution in [-0.2, 0) is 22.7 Å². The molecule has 4 aromatic heterocycles. The van der Waals surface area contributed by atoms with Crippen molar-refractivity contribution in [2.75, 3.05) is 85.3 Å². The smallest absolute Gasteiger partial charge is 0.175 e. The fourth-order valence-electron chi connectivity index (χ4n) is 12.6. The van der Waals surface area contributed by atoms with Crippen molar-refractivity contribution in [2.45, 2.75) is 148 Å². The van der Waals surface area contributed by atoms with Crippen LogP contribution < -0.4 is 40.5 Å². The number of hydrogen-bond acceptors (Lipinski definition) is 20. The van der Waals surface area contributed by atoms with Gasteiger partial charge >= 0.3 is 0 Å². The van der Waals surface area contributed by atoms with Gasteiger partial charge < -0.3 is 60.2 Å². The number of fused-ring (bicyclic) bond motifs is 6. The first-order chi connectivity index (χ1) is 35.0. The summed E-state index contributed by atoms with van der Waals surface area (Å²) in [5.74, 6) is 6.44. The summed E-state index contributed by atoms with van der Waals surface area (Å²) in [6, 6.07) is 4.91. The number of nitrogens with zero attached hydrogens (tertiary/aromatic N) is 10. The largest absolute Gasteiger partial charge is 0.486 e. The number of nitrogens with two attached hydrogens (primary N) is 2. The maximum Gasteiger partial charge on any atom is 0.175 e. The molecule has 18 nitrogen and oxygen atoms in total. The Labute approximate surface area is 431 Å². The molecule has 388 valence electrons. The molecule has 0 amide bonds. The maximum atomic E-state index is 10.1. The van der Waals surface area contributed by atoms with E-state index in [9.17, 15) is 10.2 Å².